The van der Waals surface area contributed by atoms with Gasteiger partial charge in [-0.2, -0.15) is 0 Å². The van der Waals surface area contributed by atoms with Crippen molar-refractivity contribution in [2.24, 2.45) is 0 Å². The Balaban J connectivity index is 2.02. The van der Waals surface area contributed by atoms with Gasteiger partial charge in [0.1, 0.15) is 0 Å². The maximum absolute atomic E-state index is 11.2. The van der Waals surface area contributed by atoms with E-state index in [4.69, 9.17) is 0 Å². The zero-order valence-electron chi connectivity index (χ0n) is 8.23. The van der Waals surface area contributed by atoms with Gasteiger partial charge in [0.15, 0.2) is 0 Å². The zero-order chi connectivity index (χ0) is 9.97. The highest BCUT2D eigenvalue weighted by Crippen LogP contribution is 2.10. The molecule has 0 bridgehead atoms. The van der Waals surface area contributed by atoms with Crippen molar-refractivity contribution >= 4 is 6.03 Å². The Bertz CT molecular complexity index is 323. The van der Waals surface area contributed by atoms with E-state index in [-0.39, 0.29) is 6.03 Å². The molecule has 1 aromatic carbocycles. The summed E-state index contributed by atoms with van der Waals surface area (Å²) in [4.78, 5) is 13.0. The van der Waals surface area contributed by atoms with Crippen molar-refractivity contribution in [1.29, 1.82) is 0 Å². The summed E-state index contributed by atoms with van der Waals surface area (Å²) in [5.74, 6) is 0. The highest BCUT2D eigenvalue weighted by Gasteiger charge is 2.26. The highest BCUT2D eigenvalue weighted by molar-refractivity contribution is 5.76. The second-order valence-corrected chi connectivity index (χ2v) is 3.64. The van der Waals surface area contributed by atoms with E-state index in [0.717, 1.165) is 13.0 Å². The third-order valence-electron chi connectivity index (χ3n) is 2.67. The number of likely N-dealkylation sites (N-methyl/N-ethyl adjacent to an activating group) is 1. The summed E-state index contributed by atoms with van der Waals surface area (Å²) in [5, 5.41) is 2.83. The summed E-state index contributed by atoms with van der Waals surface area (Å²) in [6, 6.07) is 10.6. The van der Waals surface area contributed by atoms with Crippen LogP contribution in [0.15, 0.2) is 30.3 Å². The van der Waals surface area contributed by atoms with Crippen molar-refractivity contribution in [2.45, 2.75) is 12.5 Å². The molecule has 3 nitrogen and oxygen atoms in total. The molecule has 1 aromatic rings. The van der Waals surface area contributed by atoms with Gasteiger partial charge in [0.25, 0.3) is 0 Å². The number of nitrogens with zero attached hydrogens (tertiary/aromatic N) is 1. The van der Waals surface area contributed by atoms with Crippen LogP contribution in [0.5, 0.6) is 0 Å². The fourth-order valence-corrected chi connectivity index (χ4v) is 1.73. The predicted octanol–water partition coefficient (Wildman–Crippen LogP) is 1.25. The molecule has 1 aliphatic heterocycles. The standard InChI is InChI=1S/C11H14N2O/c1-13-10(8-12-11(13)14)7-9-5-3-2-4-6-9/h2-6,10H,7-8H2,1H3,(H,12,14)/t10-/m0/s1. The normalized spacial score (nSPS) is 21.1. The highest BCUT2D eigenvalue weighted by atomic mass is 16.2. The van der Waals surface area contributed by atoms with E-state index in [2.05, 4.69) is 17.4 Å². The third kappa shape index (κ3) is 1.71. The van der Waals surface area contributed by atoms with Gasteiger partial charge in [0.05, 0.1) is 6.04 Å². The average molecular weight is 190 g/mol. The Morgan fingerprint density at radius 2 is 2.14 bits per heavy atom. The molecule has 0 radical (unpaired) electrons. The minimum absolute atomic E-state index is 0.0333. The lowest BCUT2D eigenvalue weighted by molar-refractivity contribution is 0.216. The molecular weight excluding hydrogens is 176 g/mol. The van der Waals surface area contributed by atoms with Crippen LogP contribution in [0.3, 0.4) is 0 Å². The first-order valence-electron chi connectivity index (χ1n) is 4.82. The second kappa shape index (κ2) is 3.70. The smallest absolute Gasteiger partial charge is 0.317 e. The average Bonchev–Trinajstić information content (AvgIpc) is 2.52. The molecule has 2 amide bonds. The number of amides is 2. The molecule has 1 saturated heterocycles. The van der Waals surface area contributed by atoms with Crippen molar-refractivity contribution in [3.05, 3.63) is 35.9 Å². The molecular formula is C11H14N2O. The Morgan fingerprint density at radius 1 is 1.43 bits per heavy atom. The van der Waals surface area contributed by atoms with Crippen LogP contribution in [-0.2, 0) is 6.42 Å². The van der Waals surface area contributed by atoms with Crippen LogP contribution in [0.1, 0.15) is 5.56 Å². The first kappa shape index (κ1) is 9.06. The third-order valence-corrected chi connectivity index (χ3v) is 2.67. The number of hydrogen-bond acceptors (Lipinski definition) is 1. The zero-order valence-corrected chi connectivity index (χ0v) is 8.23. The van der Waals surface area contributed by atoms with Crippen LogP contribution < -0.4 is 5.32 Å². The van der Waals surface area contributed by atoms with Gasteiger partial charge in [0, 0.05) is 13.6 Å². The Hall–Kier alpha value is -1.51. The summed E-state index contributed by atoms with van der Waals surface area (Å²) in [6.45, 7) is 0.754. The van der Waals surface area contributed by atoms with E-state index < -0.39 is 0 Å². The monoisotopic (exact) mass is 190 g/mol. The fourth-order valence-electron chi connectivity index (χ4n) is 1.73. The molecule has 0 aliphatic carbocycles. The van der Waals surface area contributed by atoms with E-state index in [1.165, 1.54) is 5.56 Å². The summed E-state index contributed by atoms with van der Waals surface area (Å²) in [6.07, 6.45) is 0.927. The van der Waals surface area contributed by atoms with Crippen molar-refractivity contribution in [3.63, 3.8) is 0 Å². The first-order chi connectivity index (χ1) is 6.77. The Kier molecular flexibility index (Phi) is 2.39. The van der Waals surface area contributed by atoms with Crippen LogP contribution in [0.2, 0.25) is 0 Å². The molecule has 0 unspecified atom stereocenters. The van der Waals surface area contributed by atoms with E-state index in [1.54, 1.807) is 4.90 Å². The Labute approximate surface area is 83.7 Å². The van der Waals surface area contributed by atoms with Gasteiger partial charge in [-0.1, -0.05) is 30.3 Å². The molecule has 1 fully saturated rings. The van der Waals surface area contributed by atoms with E-state index in [0.29, 0.717) is 6.04 Å². The number of nitrogens with one attached hydrogen (secondary N) is 1. The van der Waals surface area contributed by atoms with Gasteiger partial charge < -0.3 is 10.2 Å². The molecule has 1 heterocycles. The molecule has 14 heavy (non-hydrogen) atoms. The topological polar surface area (TPSA) is 32.3 Å². The molecule has 0 spiro atoms. The van der Waals surface area contributed by atoms with Gasteiger partial charge in [0.2, 0.25) is 0 Å². The van der Waals surface area contributed by atoms with Gasteiger partial charge in [-0.3, -0.25) is 0 Å². The quantitative estimate of drug-likeness (QED) is 0.748. The number of benzene rings is 1. The van der Waals surface area contributed by atoms with E-state index in [1.807, 2.05) is 25.2 Å². The summed E-state index contributed by atoms with van der Waals surface area (Å²) >= 11 is 0. The molecule has 1 aliphatic rings. The van der Waals surface area contributed by atoms with Gasteiger partial charge in [-0.15, -0.1) is 0 Å². The number of carbonyl (C=O) groups excluding carboxylic acids is 1. The van der Waals surface area contributed by atoms with Gasteiger partial charge in [-0.05, 0) is 12.0 Å². The first-order valence-corrected chi connectivity index (χ1v) is 4.82. The number of urea groups is 1. The molecule has 3 heteroatoms. The predicted molar refractivity (Wildman–Crippen MR) is 55.1 cm³/mol. The summed E-state index contributed by atoms with van der Waals surface area (Å²) in [7, 11) is 1.84. The molecule has 0 saturated carbocycles. The molecule has 2 rings (SSSR count). The molecule has 74 valence electrons. The SMILES string of the molecule is CN1C(=O)NC[C@@H]1Cc1ccccc1. The maximum Gasteiger partial charge on any atom is 0.317 e. The van der Waals surface area contributed by atoms with Crippen molar-refractivity contribution < 1.29 is 4.79 Å². The lowest BCUT2D eigenvalue weighted by Gasteiger charge is -2.17. The van der Waals surface area contributed by atoms with E-state index >= 15 is 0 Å². The van der Waals surface area contributed by atoms with Crippen LogP contribution in [-0.4, -0.2) is 30.6 Å². The molecule has 1 atom stereocenters. The summed E-state index contributed by atoms with van der Waals surface area (Å²) in [5.41, 5.74) is 1.28. The van der Waals surface area contributed by atoms with Gasteiger partial charge in [-0.25, -0.2) is 4.79 Å². The van der Waals surface area contributed by atoms with Crippen LogP contribution in [0, 0.1) is 0 Å². The van der Waals surface area contributed by atoms with Crippen LogP contribution in [0.4, 0.5) is 4.79 Å². The van der Waals surface area contributed by atoms with Crippen LogP contribution in [0.25, 0.3) is 0 Å². The minimum Gasteiger partial charge on any atom is -0.336 e. The van der Waals surface area contributed by atoms with Crippen molar-refractivity contribution in [2.75, 3.05) is 13.6 Å². The van der Waals surface area contributed by atoms with Crippen LogP contribution >= 0.6 is 0 Å². The molecule has 0 aromatic heterocycles. The maximum atomic E-state index is 11.2. The fraction of sp³-hybridized carbons (Fsp3) is 0.364. The largest absolute Gasteiger partial charge is 0.336 e. The lowest BCUT2D eigenvalue weighted by atomic mass is 10.1. The Morgan fingerprint density at radius 3 is 2.71 bits per heavy atom. The number of rotatable bonds is 2. The molecule has 1 N–H and O–H groups in total. The second-order valence-electron chi connectivity index (χ2n) is 3.64. The number of carbonyl (C=O) groups is 1. The van der Waals surface area contributed by atoms with Crippen molar-refractivity contribution in [3.8, 4) is 0 Å². The lowest BCUT2D eigenvalue weighted by Crippen LogP contribution is -2.31. The van der Waals surface area contributed by atoms with Crippen molar-refractivity contribution in [1.82, 2.24) is 10.2 Å². The number of hydrogen-bond donors (Lipinski definition) is 1. The minimum atomic E-state index is 0.0333. The van der Waals surface area contributed by atoms with E-state index in [9.17, 15) is 4.79 Å². The summed E-state index contributed by atoms with van der Waals surface area (Å²) < 4.78 is 0. The van der Waals surface area contributed by atoms with Gasteiger partial charge >= 0.3 is 6.03 Å².